The molecule has 0 radical (unpaired) electrons. The second-order valence-corrected chi connectivity index (χ2v) is 4.60. The van der Waals surface area contributed by atoms with Gasteiger partial charge in [0.15, 0.2) is 0 Å². The van der Waals surface area contributed by atoms with Crippen LogP contribution in [0.15, 0.2) is 0 Å². The molecule has 2 heteroatoms. The summed E-state index contributed by atoms with van der Waals surface area (Å²) >= 11 is 0. The summed E-state index contributed by atoms with van der Waals surface area (Å²) in [6, 6.07) is 0.746. The molecule has 0 aromatic carbocycles. The molecule has 2 nitrogen and oxygen atoms in total. The highest BCUT2D eigenvalue weighted by molar-refractivity contribution is 4.83. The Morgan fingerprint density at radius 3 is 2.71 bits per heavy atom. The van der Waals surface area contributed by atoms with Gasteiger partial charge >= 0.3 is 0 Å². The summed E-state index contributed by atoms with van der Waals surface area (Å²) in [5.74, 6) is 1.66. The van der Waals surface area contributed by atoms with Crippen LogP contribution >= 0.6 is 0 Å². The van der Waals surface area contributed by atoms with E-state index < -0.39 is 0 Å². The molecule has 1 fully saturated rings. The Hall–Kier alpha value is -0.0800. The zero-order chi connectivity index (χ0) is 10.4. The van der Waals surface area contributed by atoms with Crippen LogP contribution in [0.1, 0.15) is 39.0 Å². The van der Waals surface area contributed by atoms with Gasteiger partial charge in [0.2, 0.25) is 0 Å². The van der Waals surface area contributed by atoms with E-state index in [9.17, 15) is 0 Å². The second kappa shape index (κ2) is 6.41. The van der Waals surface area contributed by atoms with Crippen molar-refractivity contribution in [3.8, 4) is 0 Å². The first-order valence-corrected chi connectivity index (χ1v) is 5.95. The van der Waals surface area contributed by atoms with Gasteiger partial charge in [0.1, 0.15) is 0 Å². The zero-order valence-electron chi connectivity index (χ0n) is 9.88. The Bertz CT molecular complexity index is 149. The van der Waals surface area contributed by atoms with Gasteiger partial charge in [0.25, 0.3) is 0 Å². The van der Waals surface area contributed by atoms with Crippen molar-refractivity contribution in [3.05, 3.63) is 0 Å². The lowest BCUT2D eigenvalue weighted by Crippen LogP contribution is -2.39. The van der Waals surface area contributed by atoms with Gasteiger partial charge in [-0.3, -0.25) is 0 Å². The van der Waals surface area contributed by atoms with E-state index >= 15 is 0 Å². The van der Waals surface area contributed by atoms with Crippen molar-refractivity contribution >= 4 is 0 Å². The molecule has 1 saturated carbocycles. The maximum Gasteiger partial charge on any atom is 0.0464 e. The van der Waals surface area contributed by atoms with Gasteiger partial charge in [0, 0.05) is 19.8 Å². The predicted molar refractivity (Wildman–Crippen MR) is 60.5 cm³/mol. The minimum absolute atomic E-state index is 0.746. The van der Waals surface area contributed by atoms with E-state index in [4.69, 9.17) is 4.74 Å². The monoisotopic (exact) mass is 199 g/mol. The fourth-order valence-electron chi connectivity index (χ4n) is 2.72. The molecule has 1 N–H and O–H groups in total. The summed E-state index contributed by atoms with van der Waals surface area (Å²) in [5, 5.41) is 3.47. The first kappa shape index (κ1) is 12.0. The minimum Gasteiger partial charge on any atom is -0.385 e. The second-order valence-electron chi connectivity index (χ2n) is 4.60. The molecule has 1 rings (SSSR count). The molecular weight excluding hydrogens is 174 g/mol. The molecule has 0 aliphatic heterocycles. The molecule has 0 saturated heterocycles. The molecular formula is C12H25NO. The van der Waals surface area contributed by atoms with Crippen molar-refractivity contribution < 1.29 is 4.74 Å². The van der Waals surface area contributed by atoms with E-state index in [-0.39, 0.29) is 0 Å². The highest BCUT2D eigenvalue weighted by atomic mass is 16.5. The van der Waals surface area contributed by atoms with Gasteiger partial charge in [0.05, 0.1) is 0 Å². The molecule has 3 unspecified atom stereocenters. The Balaban J connectivity index is 2.37. The van der Waals surface area contributed by atoms with Gasteiger partial charge < -0.3 is 10.1 Å². The van der Waals surface area contributed by atoms with Crippen LogP contribution in [0, 0.1) is 11.8 Å². The Labute approximate surface area is 88.4 Å². The molecule has 0 aromatic rings. The number of hydrogen-bond acceptors (Lipinski definition) is 2. The minimum atomic E-state index is 0.746. The molecule has 84 valence electrons. The van der Waals surface area contributed by atoms with Gasteiger partial charge in [-0.2, -0.15) is 0 Å². The molecule has 1 aliphatic carbocycles. The lowest BCUT2D eigenvalue weighted by Gasteiger charge is -2.35. The fraction of sp³-hybridized carbons (Fsp3) is 1.00. The summed E-state index contributed by atoms with van der Waals surface area (Å²) in [5.41, 5.74) is 0. The van der Waals surface area contributed by atoms with Gasteiger partial charge in [-0.05, 0) is 38.1 Å². The summed E-state index contributed by atoms with van der Waals surface area (Å²) < 4.78 is 5.15. The first-order chi connectivity index (χ1) is 6.79. The standard InChI is InChI=1S/C12H25NO/c1-10(8-9-14-3)11-6-4-5-7-12(11)13-2/h10-13H,4-9H2,1-3H3. The highest BCUT2D eigenvalue weighted by Gasteiger charge is 2.27. The first-order valence-electron chi connectivity index (χ1n) is 5.95. The lowest BCUT2D eigenvalue weighted by atomic mass is 9.76. The Morgan fingerprint density at radius 2 is 2.07 bits per heavy atom. The third-order valence-corrected chi connectivity index (χ3v) is 3.70. The topological polar surface area (TPSA) is 21.3 Å². The van der Waals surface area contributed by atoms with Crippen LogP contribution in [0.4, 0.5) is 0 Å². The van der Waals surface area contributed by atoms with E-state index in [1.54, 1.807) is 7.11 Å². The third-order valence-electron chi connectivity index (χ3n) is 3.70. The van der Waals surface area contributed by atoms with Crippen LogP contribution in [-0.4, -0.2) is 26.8 Å². The summed E-state index contributed by atoms with van der Waals surface area (Å²) in [6.45, 7) is 3.29. The van der Waals surface area contributed by atoms with Gasteiger partial charge in [-0.25, -0.2) is 0 Å². The molecule has 0 spiro atoms. The molecule has 0 aromatic heterocycles. The van der Waals surface area contributed by atoms with Crippen LogP contribution in [0.5, 0.6) is 0 Å². The Kier molecular flexibility index (Phi) is 5.49. The number of hydrogen-bond donors (Lipinski definition) is 1. The van der Waals surface area contributed by atoms with Crippen LogP contribution in [0.2, 0.25) is 0 Å². The van der Waals surface area contributed by atoms with Crippen molar-refractivity contribution in [2.45, 2.75) is 45.1 Å². The van der Waals surface area contributed by atoms with Crippen LogP contribution in [-0.2, 0) is 4.74 Å². The fourth-order valence-corrected chi connectivity index (χ4v) is 2.72. The third kappa shape index (κ3) is 3.25. The highest BCUT2D eigenvalue weighted by Crippen LogP contribution is 2.31. The summed E-state index contributed by atoms with van der Waals surface area (Å²) in [6.07, 6.45) is 6.79. The zero-order valence-corrected chi connectivity index (χ0v) is 9.88. The van der Waals surface area contributed by atoms with E-state index in [2.05, 4.69) is 19.3 Å². The molecule has 0 amide bonds. The van der Waals surface area contributed by atoms with E-state index in [0.717, 1.165) is 24.5 Å². The summed E-state index contributed by atoms with van der Waals surface area (Å²) in [4.78, 5) is 0. The molecule has 0 bridgehead atoms. The number of ether oxygens (including phenoxy) is 1. The lowest BCUT2D eigenvalue weighted by molar-refractivity contribution is 0.137. The van der Waals surface area contributed by atoms with Crippen molar-refractivity contribution in [2.75, 3.05) is 20.8 Å². The van der Waals surface area contributed by atoms with Crippen molar-refractivity contribution in [2.24, 2.45) is 11.8 Å². The van der Waals surface area contributed by atoms with Crippen molar-refractivity contribution in [1.29, 1.82) is 0 Å². The van der Waals surface area contributed by atoms with Crippen LogP contribution in [0.3, 0.4) is 0 Å². The maximum atomic E-state index is 5.15. The molecule has 1 aliphatic rings. The number of methoxy groups -OCH3 is 1. The van der Waals surface area contributed by atoms with E-state index in [0.29, 0.717) is 0 Å². The molecule has 0 heterocycles. The quantitative estimate of drug-likeness (QED) is 0.734. The Morgan fingerprint density at radius 1 is 1.36 bits per heavy atom. The van der Waals surface area contributed by atoms with Crippen LogP contribution in [0.25, 0.3) is 0 Å². The normalized spacial score (nSPS) is 30.2. The predicted octanol–water partition coefficient (Wildman–Crippen LogP) is 2.44. The van der Waals surface area contributed by atoms with Gasteiger partial charge in [-0.1, -0.05) is 19.8 Å². The maximum absolute atomic E-state index is 5.15. The van der Waals surface area contributed by atoms with Crippen molar-refractivity contribution in [1.82, 2.24) is 5.32 Å². The smallest absolute Gasteiger partial charge is 0.0464 e. The molecule has 3 atom stereocenters. The number of nitrogens with one attached hydrogen (secondary N) is 1. The average Bonchev–Trinajstić information content (AvgIpc) is 2.25. The van der Waals surface area contributed by atoms with Crippen molar-refractivity contribution in [3.63, 3.8) is 0 Å². The number of rotatable bonds is 5. The van der Waals surface area contributed by atoms with E-state index in [1.165, 1.54) is 32.1 Å². The van der Waals surface area contributed by atoms with Gasteiger partial charge in [-0.15, -0.1) is 0 Å². The average molecular weight is 199 g/mol. The molecule has 14 heavy (non-hydrogen) atoms. The van der Waals surface area contributed by atoms with Crippen LogP contribution < -0.4 is 5.32 Å². The summed E-state index contributed by atoms with van der Waals surface area (Å²) in [7, 11) is 3.90. The largest absolute Gasteiger partial charge is 0.385 e. The SMILES string of the molecule is CNC1CCCCC1C(C)CCOC. The van der Waals surface area contributed by atoms with E-state index in [1.807, 2.05) is 0 Å².